The highest BCUT2D eigenvalue weighted by atomic mass is 19.4. The molecule has 2 aliphatic rings. The zero-order valence-electron chi connectivity index (χ0n) is 10.0. The lowest BCUT2D eigenvalue weighted by molar-refractivity contribution is -0.186. The van der Waals surface area contributed by atoms with Crippen molar-refractivity contribution in [1.82, 2.24) is 4.90 Å². The Hall–Kier alpha value is -0.290. The van der Waals surface area contributed by atoms with E-state index in [1.807, 2.05) is 0 Å². The summed E-state index contributed by atoms with van der Waals surface area (Å²) in [6.45, 7) is 1.17. The Kier molecular flexibility index (Phi) is 3.98. The summed E-state index contributed by atoms with van der Waals surface area (Å²) in [4.78, 5) is 2.22. The molecule has 1 aliphatic carbocycles. The average molecular weight is 250 g/mol. The highest BCUT2D eigenvalue weighted by Gasteiger charge is 2.42. The molecule has 0 aromatic carbocycles. The van der Waals surface area contributed by atoms with Crippen molar-refractivity contribution in [2.24, 2.45) is 11.7 Å². The van der Waals surface area contributed by atoms with Crippen LogP contribution in [0.3, 0.4) is 0 Å². The summed E-state index contributed by atoms with van der Waals surface area (Å²) in [7, 11) is 0. The zero-order chi connectivity index (χ0) is 12.5. The molecule has 2 nitrogen and oxygen atoms in total. The van der Waals surface area contributed by atoms with Gasteiger partial charge in [0.1, 0.15) is 0 Å². The molecule has 0 amide bonds. The lowest BCUT2D eigenvalue weighted by Crippen LogP contribution is -2.47. The van der Waals surface area contributed by atoms with Gasteiger partial charge in [-0.15, -0.1) is 0 Å². The van der Waals surface area contributed by atoms with Gasteiger partial charge in [0.25, 0.3) is 0 Å². The maximum Gasteiger partial charge on any atom is 0.391 e. The van der Waals surface area contributed by atoms with Gasteiger partial charge in [0.05, 0.1) is 5.92 Å². The quantitative estimate of drug-likeness (QED) is 0.775. The average Bonchev–Trinajstić information content (AvgIpc) is 2.28. The van der Waals surface area contributed by atoms with Crippen molar-refractivity contribution in [1.29, 1.82) is 0 Å². The smallest absolute Gasteiger partial charge is 0.328 e. The van der Waals surface area contributed by atoms with Gasteiger partial charge in [-0.2, -0.15) is 13.2 Å². The van der Waals surface area contributed by atoms with E-state index in [4.69, 9.17) is 5.73 Å². The fraction of sp³-hybridized carbons (Fsp3) is 1.00. The lowest BCUT2D eigenvalue weighted by atomic mass is 9.88. The highest BCUT2D eigenvalue weighted by Crippen LogP contribution is 2.35. The molecule has 0 aromatic rings. The summed E-state index contributed by atoms with van der Waals surface area (Å²) in [5.41, 5.74) is 5.92. The number of piperidine rings is 1. The van der Waals surface area contributed by atoms with Crippen LogP contribution >= 0.6 is 0 Å². The second kappa shape index (κ2) is 5.14. The predicted molar refractivity (Wildman–Crippen MR) is 60.6 cm³/mol. The van der Waals surface area contributed by atoms with Gasteiger partial charge in [0.2, 0.25) is 0 Å². The first-order valence-corrected chi connectivity index (χ1v) is 6.53. The minimum atomic E-state index is -4.00. The zero-order valence-corrected chi connectivity index (χ0v) is 10.0. The third kappa shape index (κ3) is 3.35. The van der Waals surface area contributed by atoms with Gasteiger partial charge >= 0.3 is 6.18 Å². The van der Waals surface area contributed by atoms with Crippen molar-refractivity contribution in [2.75, 3.05) is 13.1 Å². The maximum atomic E-state index is 12.5. The number of likely N-dealkylation sites (tertiary alicyclic amines) is 1. The molecule has 0 bridgehead atoms. The molecular formula is C12H21F3N2. The van der Waals surface area contributed by atoms with Crippen LogP contribution in [0.5, 0.6) is 0 Å². The topological polar surface area (TPSA) is 29.3 Å². The first-order valence-electron chi connectivity index (χ1n) is 6.53. The second-order valence-corrected chi connectivity index (χ2v) is 5.43. The van der Waals surface area contributed by atoms with Gasteiger partial charge in [-0.3, -0.25) is 0 Å². The standard InChI is InChI=1S/C12H21F3N2/c13-12(14,15)9-4-6-17(7-5-9)11-3-1-2-10(16)8-11/h9-11H,1-8,16H2. The summed E-state index contributed by atoms with van der Waals surface area (Å²) in [5, 5.41) is 0. The molecule has 1 saturated heterocycles. The molecule has 0 radical (unpaired) electrons. The van der Waals surface area contributed by atoms with Crippen molar-refractivity contribution in [3.8, 4) is 0 Å². The van der Waals surface area contributed by atoms with E-state index in [-0.39, 0.29) is 18.9 Å². The van der Waals surface area contributed by atoms with Crippen LogP contribution in [0.2, 0.25) is 0 Å². The van der Waals surface area contributed by atoms with Gasteiger partial charge in [-0.25, -0.2) is 0 Å². The van der Waals surface area contributed by atoms with Crippen LogP contribution in [0.1, 0.15) is 38.5 Å². The van der Waals surface area contributed by atoms with Crippen molar-refractivity contribution in [3.63, 3.8) is 0 Å². The van der Waals surface area contributed by atoms with Gasteiger partial charge in [0.15, 0.2) is 0 Å². The maximum absolute atomic E-state index is 12.5. The van der Waals surface area contributed by atoms with E-state index in [9.17, 15) is 13.2 Å². The Morgan fingerprint density at radius 3 is 2.18 bits per heavy atom. The number of hydrogen-bond acceptors (Lipinski definition) is 2. The molecule has 17 heavy (non-hydrogen) atoms. The Bertz CT molecular complexity index is 247. The summed E-state index contributed by atoms with van der Waals surface area (Å²) >= 11 is 0. The van der Waals surface area contributed by atoms with Gasteiger partial charge in [-0.05, 0) is 45.2 Å². The molecule has 2 fully saturated rings. The van der Waals surface area contributed by atoms with Crippen molar-refractivity contribution in [2.45, 2.75) is 56.8 Å². The molecule has 100 valence electrons. The third-order valence-electron chi connectivity index (χ3n) is 4.20. The molecule has 2 N–H and O–H groups in total. The Morgan fingerprint density at radius 2 is 1.65 bits per heavy atom. The number of nitrogens with zero attached hydrogens (tertiary/aromatic N) is 1. The minimum absolute atomic E-state index is 0.245. The normalized spacial score (nSPS) is 33.9. The number of hydrogen-bond donors (Lipinski definition) is 1. The molecule has 1 heterocycles. The molecule has 1 saturated carbocycles. The Balaban J connectivity index is 1.82. The Labute approximate surface area is 100 Å². The summed E-state index contributed by atoms with van der Waals surface area (Å²) in [6, 6.07) is 0.669. The van der Waals surface area contributed by atoms with Crippen molar-refractivity contribution < 1.29 is 13.2 Å². The lowest BCUT2D eigenvalue weighted by Gasteiger charge is -2.41. The van der Waals surface area contributed by atoms with Gasteiger partial charge in [-0.1, -0.05) is 6.42 Å². The van der Waals surface area contributed by atoms with E-state index in [1.54, 1.807) is 0 Å². The van der Waals surface area contributed by atoms with Crippen LogP contribution < -0.4 is 5.73 Å². The van der Waals surface area contributed by atoms with E-state index in [1.165, 1.54) is 0 Å². The van der Waals surface area contributed by atoms with Crippen LogP contribution in [0.15, 0.2) is 0 Å². The van der Waals surface area contributed by atoms with Crippen LogP contribution in [0, 0.1) is 5.92 Å². The molecule has 1 aliphatic heterocycles. The van der Waals surface area contributed by atoms with E-state index in [0.717, 1.165) is 25.7 Å². The molecule has 2 atom stereocenters. The molecular weight excluding hydrogens is 229 g/mol. The van der Waals surface area contributed by atoms with Crippen LogP contribution in [0.25, 0.3) is 0 Å². The number of nitrogens with two attached hydrogens (primary N) is 1. The summed E-state index contributed by atoms with van der Waals surface area (Å²) in [5.74, 6) is -1.09. The molecule has 0 aromatic heterocycles. The predicted octanol–water partition coefficient (Wildman–Crippen LogP) is 2.53. The van der Waals surface area contributed by atoms with Crippen molar-refractivity contribution >= 4 is 0 Å². The van der Waals surface area contributed by atoms with Crippen LogP contribution in [0.4, 0.5) is 13.2 Å². The van der Waals surface area contributed by atoms with Crippen LogP contribution in [-0.4, -0.2) is 36.2 Å². The monoisotopic (exact) mass is 250 g/mol. The number of alkyl halides is 3. The second-order valence-electron chi connectivity index (χ2n) is 5.43. The van der Waals surface area contributed by atoms with E-state index < -0.39 is 12.1 Å². The highest BCUT2D eigenvalue weighted by molar-refractivity contribution is 4.86. The first kappa shape index (κ1) is 13.1. The summed E-state index contributed by atoms with van der Waals surface area (Å²) < 4.78 is 37.6. The first-order chi connectivity index (χ1) is 7.97. The number of halogens is 3. The van der Waals surface area contributed by atoms with Gasteiger partial charge in [0, 0.05) is 12.1 Å². The largest absolute Gasteiger partial charge is 0.391 e. The van der Waals surface area contributed by atoms with Crippen LogP contribution in [-0.2, 0) is 0 Å². The van der Waals surface area contributed by atoms with E-state index in [0.29, 0.717) is 19.1 Å². The van der Waals surface area contributed by atoms with E-state index in [2.05, 4.69) is 4.90 Å². The summed E-state index contributed by atoms with van der Waals surface area (Å²) in [6.07, 6.45) is 0.751. The van der Waals surface area contributed by atoms with Crippen molar-refractivity contribution in [3.05, 3.63) is 0 Å². The molecule has 2 rings (SSSR count). The molecule has 0 spiro atoms. The minimum Gasteiger partial charge on any atom is -0.328 e. The van der Waals surface area contributed by atoms with Gasteiger partial charge < -0.3 is 10.6 Å². The SMILES string of the molecule is NC1CCCC(N2CCC(C(F)(F)F)CC2)C1. The molecule has 5 heteroatoms. The number of rotatable bonds is 1. The third-order valence-corrected chi connectivity index (χ3v) is 4.20. The Morgan fingerprint density at radius 1 is 1.00 bits per heavy atom. The molecule has 2 unspecified atom stereocenters. The van der Waals surface area contributed by atoms with E-state index >= 15 is 0 Å². The fourth-order valence-electron chi connectivity index (χ4n) is 3.12. The fourth-order valence-corrected chi connectivity index (χ4v) is 3.12.